The van der Waals surface area contributed by atoms with E-state index in [9.17, 15) is 4.79 Å². The number of nitrogens with two attached hydrogens (primary N) is 1. The van der Waals surface area contributed by atoms with Crippen molar-refractivity contribution in [1.82, 2.24) is 10.2 Å². The zero-order valence-corrected chi connectivity index (χ0v) is 11.0. The van der Waals surface area contributed by atoms with Crippen LogP contribution in [0.4, 0.5) is 0 Å². The number of likely N-dealkylation sites (tertiary alicyclic amines) is 1. The van der Waals surface area contributed by atoms with E-state index in [1.165, 1.54) is 12.8 Å². The van der Waals surface area contributed by atoms with Gasteiger partial charge in [-0.25, -0.2) is 0 Å². The summed E-state index contributed by atoms with van der Waals surface area (Å²) in [6.07, 6.45) is 4.30. The predicted octanol–water partition coefficient (Wildman–Crippen LogP) is 0.714. The van der Waals surface area contributed by atoms with Crippen molar-refractivity contribution in [3.8, 4) is 0 Å². The van der Waals surface area contributed by atoms with Gasteiger partial charge in [0.1, 0.15) is 0 Å². The van der Waals surface area contributed by atoms with Gasteiger partial charge in [0.05, 0.1) is 5.54 Å². The molecule has 0 aromatic carbocycles. The lowest BCUT2D eigenvalue weighted by Crippen LogP contribution is -2.50. The fourth-order valence-electron chi connectivity index (χ4n) is 2.61. The van der Waals surface area contributed by atoms with Gasteiger partial charge in [-0.15, -0.1) is 0 Å². The molecular weight excluding hydrogens is 214 g/mol. The minimum absolute atomic E-state index is 0.0371. The zero-order valence-electron chi connectivity index (χ0n) is 11.0. The van der Waals surface area contributed by atoms with Crippen LogP contribution in [-0.4, -0.2) is 42.0 Å². The number of nitrogens with one attached hydrogen (secondary N) is 1. The van der Waals surface area contributed by atoms with Gasteiger partial charge in [0.15, 0.2) is 0 Å². The third-order valence-electron chi connectivity index (χ3n) is 3.89. The lowest BCUT2D eigenvalue weighted by molar-refractivity contribution is -0.124. The molecule has 0 radical (unpaired) electrons. The van der Waals surface area contributed by atoms with E-state index in [0.717, 1.165) is 38.4 Å². The molecule has 1 saturated heterocycles. The average Bonchev–Trinajstić information content (AvgIpc) is 2.97. The zero-order chi connectivity index (χ0) is 12.5. The molecule has 1 saturated carbocycles. The van der Waals surface area contributed by atoms with Crippen molar-refractivity contribution < 1.29 is 4.79 Å². The highest BCUT2D eigenvalue weighted by Crippen LogP contribution is 2.32. The van der Waals surface area contributed by atoms with Gasteiger partial charge in [0.2, 0.25) is 5.91 Å². The molecule has 2 atom stereocenters. The Balaban J connectivity index is 1.73. The summed E-state index contributed by atoms with van der Waals surface area (Å²) in [7, 11) is 0. The summed E-state index contributed by atoms with van der Waals surface area (Å²) in [5.41, 5.74) is 5.33. The Bertz CT molecular complexity index is 288. The first-order chi connectivity index (χ1) is 7.99. The van der Waals surface area contributed by atoms with Gasteiger partial charge < -0.3 is 16.0 Å². The maximum atomic E-state index is 11.8. The minimum atomic E-state index is -0.538. The molecule has 0 aromatic heterocycles. The van der Waals surface area contributed by atoms with Gasteiger partial charge in [-0.05, 0) is 45.1 Å². The molecule has 4 heteroatoms. The molecule has 0 aromatic rings. The molecule has 2 aliphatic rings. The maximum Gasteiger partial charge on any atom is 0.240 e. The molecule has 0 bridgehead atoms. The molecule has 1 aliphatic heterocycles. The second-order valence-corrected chi connectivity index (χ2v) is 6.04. The van der Waals surface area contributed by atoms with E-state index in [1.54, 1.807) is 0 Å². The number of carbonyl (C=O) groups is 1. The third kappa shape index (κ3) is 3.42. The molecule has 4 nitrogen and oxygen atoms in total. The molecule has 2 fully saturated rings. The lowest BCUT2D eigenvalue weighted by atomic mass is 10.00. The number of nitrogens with zero attached hydrogens (tertiary/aromatic N) is 1. The standard InChI is InChI=1S/C13H25N3O/c1-10-4-3-7-16(8-10)9-11(2)15-12(17)13(14)5-6-13/h10-11H,3-9,14H2,1-2H3,(H,15,17). The van der Waals surface area contributed by atoms with Crippen molar-refractivity contribution in [2.45, 2.75) is 51.1 Å². The Morgan fingerprint density at radius 3 is 2.88 bits per heavy atom. The summed E-state index contributed by atoms with van der Waals surface area (Å²) in [6.45, 7) is 7.65. The Morgan fingerprint density at radius 1 is 1.59 bits per heavy atom. The van der Waals surface area contributed by atoms with Gasteiger partial charge in [0.25, 0.3) is 0 Å². The van der Waals surface area contributed by atoms with Crippen molar-refractivity contribution in [3.05, 3.63) is 0 Å². The van der Waals surface area contributed by atoms with Crippen LogP contribution in [0.3, 0.4) is 0 Å². The minimum Gasteiger partial charge on any atom is -0.351 e. The lowest BCUT2D eigenvalue weighted by Gasteiger charge is -2.33. The predicted molar refractivity (Wildman–Crippen MR) is 68.6 cm³/mol. The van der Waals surface area contributed by atoms with Gasteiger partial charge in [-0.3, -0.25) is 4.79 Å². The van der Waals surface area contributed by atoms with Crippen molar-refractivity contribution in [1.29, 1.82) is 0 Å². The van der Waals surface area contributed by atoms with Crippen LogP contribution in [0, 0.1) is 5.92 Å². The number of rotatable bonds is 4. The quantitative estimate of drug-likeness (QED) is 0.760. The van der Waals surface area contributed by atoms with Crippen LogP contribution in [-0.2, 0) is 4.79 Å². The number of amides is 1. The van der Waals surface area contributed by atoms with Gasteiger partial charge in [-0.2, -0.15) is 0 Å². The highest BCUT2D eigenvalue weighted by atomic mass is 16.2. The second-order valence-electron chi connectivity index (χ2n) is 6.04. The SMILES string of the molecule is CC1CCCN(CC(C)NC(=O)C2(N)CC2)C1. The summed E-state index contributed by atoms with van der Waals surface area (Å²) in [5.74, 6) is 0.825. The molecule has 2 rings (SSSR count). The maximum absolute atomic E-state index is 11.8. The Hall–Kier alpha value is -0.610. The van der Waals surface area contributed by atoms with Crippen LogP contribution in [0.2, 0.25) is 0 Å². The number of carbonyl (C=O) groups excluding carboxylic acids is 1. The first kappa shape index (κ1) is 12.8. The Kier molecular flexibility index (Phi) is 3.73. The van der Waals surface area contributed by atoms with E-state index in [0.29, 0.717) is 0 Å². The fraction of sp³-hybridized carbons (Fsp3) is 0.923. The molecule has 1 amide bonds. The average molecular weight is 239 g/mol. The first-order valence-electron chi connectivity index (χ1n) is 6.82. The number of hydrogen-bond donors (Lipinski definition) is 2. The molecule has 2 unspecified atom stereocenters. The van der Waals surface area contributed by atoms with E-state index in [1.807, 2.05) is 0 Å². The Morgan fingerprint density at radius 2 is 2.29 bits per heavy atom. The summed E-state index contributed by atoms with van der Waals surface area (Å²) in [6, 6.07) is 0.203. The van der Waals surface area contributed by atoms with Crippen molar-refractivity contribution in [2.24, 2.45) is 11.7 Å². The van der Waals surface area contributed by atoms with Crippen LogP contribution in [0.1, 0.15) is 39.5 Å². The van der Waals surface area contributed by atoms with E-state index >= 15 is 0 Å². The van der Waals surface area contributed by atoms with Gasteiger partial charge in [-0.1, -0.05) is 6.92 Å². The van der Waals surface area contributed by atoms with Gasteiger partial charge in [0, 0.05) is 19.1 Å². The highest BCUT2D eigenvalue weighted by molar-refractivity contribution is 5.89. The largest absolute Gasteiger partial charge is 0.351 e. The first-order valence-corrected chi connectivity index (χ1v) is 6.82. The van der Waals surface area contributed by atoms with Crippen molar-refractivity contribution in [3.63, 3.8) is 0 Å². The molecule has 3 N–H and O–H groups in total. The summed E-state index contributed by atoms with van der Waals surface area (Å²) in [5, 5.41) is 3.04. The third-order valence-corrected chi connectivity index (χ3v) is 3.89. The van der Waals surface area contributed by atoms with Crippen molar-refractivity contribution in [2.75, 3.05) is 19.6 Å². The molecule has 1 aliphatic carbocycles. The molecular formula is C13H25N3O. The monoisotopic (exact) mass is 239 g/mol. The van der Waals surface area contributed by atoms with E-state index in [2.05, 4.69) is 24.1 Å². The highest BCUT2D eigenvalue weighted by Gasteiger charge is 2.46. The van der Waals surface area contributed by atoms with E-state index < -0.39 is 5.54 Å². The smallest absolute Gasteiger partial charge is 0.240 e. The molecule has 98 valence electrons. The number of hydrogen-bond acceptors (Lipinski definition) is 3. The molecule has 0 spiro atoms. The van der Waals surface area contributed by atoms with Crippen LogP contribution < -0.4 is 11.1 Å². The fourth-order valence-corrected chi connectivity index (χ4v) is 2.61. The van der Waals surface area contributed by atoms with E-state index in [4.69, 9.17) is 5.73 Å². The topological polar surface area (TPSA) is 58.4 Å². The van der Waals surface area contributed by atoms with Crippen LogP contribution in [0.25, 0.3) is 0 Å². The van der Waals surface area contributed by atoms with Gasteiger partial charge >= 0.3 is 0 Å². The normalized spacial score (nSPS) is 29.7. The van der Waals surface area contributed by atoms with Crippen LogP contribution in [0.15, 0.2) is 0 Å². The van der Waals surface area contributed by atoms with E-state index in [-0.39, 0.29) is 11.9 Å². The van der Waals surface area contributed by atoms with Crippen molar-refractivity contribution >= 4 is 5.91 Å². The summed E-state index contributed by atoms with van der Waals surface area (Å²) in [4.78, 5) is 14.2. The number of piperidine rings is 1. The molecule has 17 heavy (non-hydrogen) atoms. The second kappa shape index (κ2) is 4.94. The summed E-state index contributed by atoms with van der Waals surface area (Å²) < 4.78 is 0. The van der Waals surface area contributed by atoms with Crippen LogP contribution >= 0.6 is 0 Å². The van der Waals surface area contributed by atoms with Crippen LogP contribution in [0.5, 0.6) is 0 Å². The molecule has 1 heterocycles. The Labute approximate surface area is 104 Å². The summed E-state index contributed by atoms with van der Waals surface area (Å²) >= 11 is 0.